The van der Waals surface area contributed by atoms with Crippen molar-refractivity contribution in [1.29, 1.82) is 0 Å². The number of carbonyl (C=O) groups excluding carboxylic acids is 3. The van der Waals surface area contributed by atoms with Gasteiger partial charge in [-0.2, -0.15) is 0 Å². The summed E-state index contributed by atoms with van der Waals surface area (Å²) >= 11 is 0. The Morgan fingerprint density at radius 3 is 1.51 bits per heavy atom. The van der Waals surface area contributed by atoms with Crippen molar-refractivity contribution in [2.45, 2.75) is 37.6 Å². The predicted octanol–water partition coefficient (Wildman–Crippen LogP) is 3.03. The summed E-state index contributed by atoms with van der Waals surface area (Å²) in [6.45, 7) is 2.90. The van der Waals surface area contributed by atoms with Gasteiger partial charge in [-0.15, -0.1) is 0 Å². The normalized spacial score (nSPS) is 22.7. The number of rotatable bonds is 6. The Bertz CT molecular complexity index is 1360. The van der Waals surface area contributed by atoms with Crippen molar-refractivity contribution in [3.63, 3.8) is 0 Å². The first kappa shape index (κ1) is 34.1. The van der Waals surface area contributed by atoms with Crippen LogP contribution in [0.3, 0.4) is 0 Å². The van der Waals surface area contributed by atoms with E-state index >= 15 is 0 Å². The highest BCUT2D eigenvalue weighted by Gasteiger charge is 2.54. The summed E-state index contributed by atoms with van der Waals surface area (Å²) in [4.78, 5) is 51.0. The molecule has 2 unspecified atom stereocenters. The van der Waals surface area contributed by atoms with Crippen molar-refractivity contribution in [2.75, 3.05) is 59.7 Å². The fourth-order valence-electron chi connectivity index (χ4n) is 6.08. The van der Waals surface area contributed by atoms with Crippen molar-refractivity contribution in [3.05, 3.63) is 71.8 Å². The van der Waals surface area contributed by atoms with Crippen LogP contribution in [0.15, 0.2) is 60.7 Å². The molecule has 0 saturated carbocycles. The number of hydrogen-bond acceptors (Lipinski definition) is 11. The molecular weight excluding hydrogens is 616 g/mol. The van der Waals surface area contributed by atoms with Gasteiger partial charge in [-0.1, -0.05) is 60.7 Å². The minimum atomic E-state index is -1.11. The zero-order valence-corrected chi connectivity index (χ0v) is 26.2. The number of ether oxygens (including phenoxy) is 7. The fraction of sp³-hybridized carbons (Fsp3) is 0.515. The van der Waals surface area contributed by atoms with Crippen molar-refractivity contribution in [3.8, 4) is 0 Å². The van der Waals surface area contributed by atoms with Crippen LogP contribution in [0.1, 0.15) is 24.0 Å². The molecule has 4 aliphatic heterocycles. The number of esters is 1. The number of carbonyl (C=O) groups is 4. The number of methoxy groups -OCH3 is 1. The molecule has 4 fully saturated rings. The van der Waals surface area contributed by atoms with E-state index < -0.39 is 47.5 Å². The minimum absolute atomic E-state index is 0.0168. The Kier molecular flexibility index (Phi) is 11.3. The average Bonchev–Trinajstić information content (AvgIpc) is 3.78. The number of piperidine rings is 2. The highest BCUT2D eigenvalue weighted by molar-refractivity contribution is 5.76. The minimum Gasteiger partial charge on any atom is -0.481 e. The second-order valence-electron chi connectivity index (χ2n) is 11.5. The van der Waals surface area contributed by atoms with Crippen LogP contribution in [0.4, 0.5) is 9.59 Å². The molecule has 47 heavy (non-hydrogen) atoms. The number of likely N-dealkylation sites (tertiary alicyclic amines) is 2. The molecule has 0 radical (unpaired) electrons. The smallest absolute Gasteiger partial charge is 0.410 e. The third-order valence-electron chi connectivity index (χ3n) is 8.59. The van der Waals surface area contributed by atoms with Gasteiger partial charge in [-0.05, 0) is 11.1 Å². The molecule has 2 spiro atoms. The van der Waals surface area contributed by atoms with Crippen LogP contribution >= 0.6 is 0 Å². The molecule has 4 aliphatic rings. The van der Waals surface area contributed by atoms with Crippen LogP contribution < -0.4 is 0 Å². The maximum Gasteiger partial charge on any atom is 0.410 e. The van der Waals surface area contributed by atoms with E-state index in [9.17, 15) is 24.3 Å². The van der Waals surface area contributed by atoms with Gasteiger partial charge in [-0.3, -0.25) is 9.59 Å². The first-order valence-corrected chi connectivity index (χ1v) is 15.5. The standard InChI is InChI=1S/C17H21NO6.C16H19NO6/c1-21-15(19)14-11-18(8-7-17(14)23-9-10-24-17)16(20)22-12-13-5-3-2-4-6-13;18-14(19)13-10-17(7-6-16(13)22-8-9-23-16)15(20)21-11-12-4-2-1-3-5-12/h2-6,14H,7-12H2,1H3;1-5,13H,6-11H2,(H,18,19). The van der Waals surface area contributed by atoms with Crippen LogP contribution in [0.5, 0.6) is 0 Å². The Balaban J connectivity index is 0.000000185. The van der Waals surface area contributed by atoms with Crippen LogP contribution in [-0.4, -0.2) is 110 Å². The first-order chi connectivity index (χ1) is 22.7. The molecule has 0 aromatic heterocycles. The number of carboxylic acid groups (broad SMARTS) is 1. The van der Waals surface area contributed by atoms with Crippen LogP contribution in [0.25, 0.3) is 0 Å². The summed E-state index contributed by atoms with van der Waals surface area (Å²) in [5.74, 6) is -5.17. The summed E-state index contributed by atoms with van der Waals surface area (Å²) in [5, 5.41) is 9.43. The quantitative estimate of drug-likeness (QED) is 0.358. The topological polar surface area (TPSA) is 160 Å². The van der Waals surface area contributed by atoms with Crippen molar-refractivity contribution < 1.29 is 57.4 Å². The third-order valence-corrected chi connectivity index (χ3v) is 8.59. The van der Waals surface area contributed by atoms with Gasteiger partial charge in [0.1, 0.15) is 25.0 Å². The van der Waals surface area contributed by atoms with Gasteiger partial charge in [0.15, 0.2) is 11.6 Å². The molecule has 4 heterocycles. The Hall–Kier alpha value is -4.24. The van der Waals surface area contributed by atoms with Gasteiger partial charge in [-0.25, -0.2) is 9.59 Å². The molecule has 4 saturated heterocycles. The number of hydrogen-bond donors (Lipinski definition) is 1. The number of aliphatic carboxylic acids is 1. The molecular formula is C33H40N2O12. The molecule has 2 aromatic carbocycles. The van der Waals surface area contributed by atoms with E-state index in [0.29, 0.717) is 52.4 Å². The molecule has 2 atom stereocenters. The van der Waals surface area contributed by atoms with Gasteiger partial charge in [0.05, 0.1) is 33.5 Å². The first-order valence-electron chi connectivity index (χ1n) is 15.5. The number of benzene rings is 2. The van der Waals surface area contributed by atoms with E-state index in [2.05, 4.69) is 0 Å². The zero-order chi connectivity index (χ0) is 33.3. The summed E-state index contributed by atoms with van der Waals surface area (Å²) < 4.78 is 37.9. The number of nitrogens with zero attached hydrogens (tertiary/aromatic N) is 2. The lowest BCUT2D eigenvalue weighted by Crippen LogP contribution is -2.57. The highest BCUT2D eigenvalue weighted by atomic mass is 16.7. The van der Waals surface area contributed by atoms with Gasteiger partial charge >= 0.3 is 24.1 Å². The fourth-order valence-corrected chi connectivity index (χ4v) is 6.08. The van der Waals surface area contributed by atoms with Gasteiger partial charge < -0.3 is 48.1 Å². The lowest BCUT2D eigenvalue weighted by Gasteiger charge is -2.41. The van der Waals surface area contributed by atoms with Crippen LogP contribution in [0.2, 0.25) is 0 Å². The van der Waals surface area contributed by atoms with Crippen LogP contribution in [-0.2, 0) is 56.0 Å². The van der Waals surface area contributed by atoms with Gasteiger partial charge in [0.2, 0.25) is 0 Å². The lowest BCUT2D eigenvalue weighted by molar-refractivity contribution is -0.226. The Labute approximate surface area is 272 Å². The molecule has 0 bridgehead atoms. The average molecular weight is 657 g/mol. The predicted molar refractivity (Wildman–Crippen MR) is 162 cm³/mol. The summed E-state index contributed by atoms with van der Waals surface area (Å²) in [6, 6.07) is 18.8. The Morgan fingerprint density at radius 1 is 0.702 bits per heavy atom. The Morgan fingerprint density at radius 2 is 1.11 bits per heavy atom. The molecule has 0 aliphatic carbocycles. The summed E-state index contributed by atoms with van der Waals surface area (Å²) in [7, 11) is 1.32. The highest BCUT2D eigenvalue weighted by Crippen LogP contribution is 2.38. The largest absolute Gasteiger partial charge is 0.481 e. The van der Waals surface area contributed by atoms with E-state index in [4.69, 9.17) is 33.2 Å². The summed E-state index contributed by atoms with van der Waals surface area (Å²) in [6.07, 6.45) is -0.244. The molecule has 14 heteroatoms. The van der Waals surface area contributed by atoms with Crippen molar-refractivity contribution in [2.24, 2.45) is 11.8 Å². The molecule has 2 aromatic rings. The van der Waals surface area contributed by atoms with E-state index in [0.717, 1.165) is 11.1 Å². The zero-order valence-electron chi connectivity index (χ0n) is 26.2. The molecule has 2 amide bonds. The maximum absolute atomic E-state index is 12.3. The maximum atomic E-state index is 12.3. The number of amides is 2. The second kappa shape index (κ2) is 15.6. The van der Waals surface area contributed by atoms with Crippen LogP contribution in [0, 0.1) is 11.8 Å². The van der Waals surface area contributed by atoms with E-state index in [1.165, 1.54) is 16.9 Å². The van der Waals surface area contributed by atoms with Crippen molar-refractivity contribution >= 4 is 24.1 Å². The number of carboxylic acids is 1. The van der Waals surface area contributed by atoms with Gasteiger partial charge in [0, 0.05) is 39.0 Å². The third kappa shape index (κ3) is 8.19. The molecule has 14 nitrogen and oxygen atoms in total. The monoisotopic (exact) mass is 656 g/mol. The molecule has 1 N–H and O–H groups in total. The second-order valence-corrected chi connectivity index (χ2v) is 11.5. The lowest BCUT2D eigenvalue weighted by atomic mass is 9.90. The van der Waals surface area contributed by atoms with E-state index in [1.54, 1.807) is 0 Å². The van der Waals surface area contributed by atoms with E-state index in [-0.39, 0.29) is 26.3 Å². The van der Waals surface area contributed by atoms with Crippen molar-refractivity contribution in [1.82, 2.24) is 9.80 Å². The summed E-state index contributed by atoms with van der Waals surface area (Å²) in [5.41, 5.74) is 1.79. The van der Waals surface area contributed by atoms with E-state index in [1.807, 2.05) is 60.7 Å². The molecule has 254 valence electrons. The van der Waals surface area contributed by atoms with Gasteiger partial charge in [0.25, 0.3) is 0 Å². The molecule has 6 rings (SSSR count). The SMILES string of the molecule is COC(=O)C1CN(C(=O)OCc2ccccc2)CCC12OCCO2.O=C(O)C1CN(C(=O)OCc2ccccc2)CCC12OCCO2.